The molecule has 0 amide bonds. The van der Waals surface area contributed by atoms with Crippen molar-refractivity contribution in [3.8, 4) is 0 Å². The quantitative estimate of drug-likeness (QED) is 0.340. The van der Waals surface area contributed by atoms with E-state index < -0.39 is 13.4 Å². The Hall–Kier alpha value is 0.422. The average Bonchev–Trinajstić information content (AvgIpc) is 1.98. The zero-order valence-corrected chi connectivity index (χ0v) is 12.2. The molecule has 0 radical (unpaired) electrons. The van der Waals surface area contributed by atoms with Crippen molar-refractivity contribution in [2.24, 2.45) is 0 Å². The smallest absolute Gasteiger partial charge is 0.385 e. The fourth-order valence-corrected chi connectivity index (χ4v) is 0.167. The van der Waals surface area contributed by atoms with E-state index in [0.717, 1.165) is 0 Å². The molecule has 0 fully saturated rings. The van der Waals surface area contributed by atoms with Crippen LogP contribution in [0.25, 0.3) is 0 Å². The van der Waals surface area contributed by atoms with Crippen molar-refractivity contribution < 1.29 is 63.1 Å². The Bertz CT molecular complexity index is 72.5. The van der Waals surface area contributed by atoms with Gasteiger partial charge in [-0.3, -0.25) is 0 Å². The van der Waals surface area contributed by atoms with Crippen LogP contribution in [0.2, 0.25) is 0 Å². The third-order valence-electron chi connectivity index (χ3n) is 0.492. The van der Waals surface area contributed by atoms with Crippen LogP contribution in [0.15, 0.2) is 0 Å². The molecule has 0 saturated heterocycles. The van der Waals surface area contributed by atoms with Gasteiger partial charge in [0.25, 0.3) is 0 Å². The van der Waals surface area contributed by atoms with Crippen LogP contribution >= 0.6 is 0 Å². The first-order valence-corrected chi connectivity index (χ1v) is 3.03. The summed E-state index contributed by atoms with van der Waals surface area (Å²) in [5.74, 6) is 0. The zero-order chi connectivity index (χ0) is 12.0. The monoisotopic (exact) mass is 342 g/mol. The molecule has 0 aromatic carbocycles. The largest absolute Gasteiger partial charge is 2.00 e. The molecule has 0 rings (SSSR count). The summed E-state index contributed by atoms with van der Waals surface area (Å²) in [5.41, 5.74) is 0. The first kappa shape index (κ1) is 24.6. The van der Waals surface area contributed by atoms with Gasteiger partial charge in [0.15, 0.2) is 13.4 Å². The number of methoxy groups -OCH3 is 2. The van der Waals surface area contributed by atoms with Crippen LogP contribution in [0, 0.1) is 13.4 Å². The molecule has 0 N–H and O–H groups in total. The summed E-state index contributed by atoms with van der Waals surface area (Å²) in [5, 5.41) is 0. The Morgan fingerprint density at radius 3 is 0.933 bits per heavy atom. The molecule has 0 aliphatic heterocycles. The van der Waals surface area contributed by atoms with E-state index >= 15 is 0 Å². The Morgan fingerprint density at radius 1 is 0.733 bits per heavy atom. The predicted molar refractivity (Wildman–Crippen MR) is 36.9 cm³/mol. The van der Waals surface area contributed by atoms with E-state index in [9.17, 15) is 26.3 Å². The van der Waals surface area contributed by atoms with E-state index in [2.05, 4.69) is 9.47 Å². The second-order valence-electron chi connectivity index (χ2n) is 1.41. The van der Waals surface area contributed by atoms with E-state index in [1.807, 2.05) is 0 Å². The topological polar surface area (TPSA) is 18.5 Å². The maximum Gasteiger partial charge on any atom is 2.00 e. The molecular formula is C6H10CdF6O2. The number of hydrogen-bond acceptors (Lipinski definition) is 2. The summed E-state index contributed by atoms with van der Waals surface area (Å²) in [6.45, 7) is -4.78. The first-order chi connectivity index (χ1) is 6.38. The number of halogens is 6. The van der Waals surface area contributed by atoms with E-state index in [0.29, 0.717) is 13.2 Å². The Balaban J connectivity index is -0.0000000606. The molecule has 0 unspecified atom stereocenters. The molecule has 0 aromatic heterocycles. The van der Waals surface area contributed by atoms with E-state index in [-0.39, 0.29) is 27.3 Å². The third kappa shape index (κ3) is 190. The summed E-state index contributed by atoms with van der Waals surface area (Å²) in [7, 11) is 3.30. The predicted octanol–water partition coefficient (Wildman–Crippen LogP) is 2.96. The summed E-state index contributed by atoms with van der Waals surface area (Å²) in [6, 6.07) is 0. The van der Waals surface area contributed by atoms with Crippen molar-refractivity contribution in [3.05, 3.63) is 13.4 Å². The van der Waals surface area contributed by atoms with Crippen LogP contribution in [0.3, 0.4) is 0 Å². The molecule has 0 atom stereocenters. The van der Waals surface area contributed by atoms with Gasteiger partial charge in [0.05, 0.1) is 13.2 Å². The molecular weight excluding hydrogens is 330 g/mol. The molecule has 9 heteroatoms. The van der Waals surface area contributed by atoms with Gasteiger partial charge < -0.3 is 35.8 Å². The summed E-state index contributed by atoms with van der Waals surface area (Å²) in [4.78, 5) is 0. The fraction of sp³-hybridized carbons (Fsp3) is 0.667. The van der Waals surface area contributed by atoms with Crippen LogP contribution in [-0.4, -0.2) is 27.4 Å². The van der Waals surface area contributed by atoms with Crippen molar-refractivity contribution in [3.63, 3.8) is 0 Å². The van der Waals surface area contributed by atoms with Crippen molar-refractivity contribution in [2.45, 2.75) is 0 Å². The molecule has 0 aliphatic carbocycles. The van der Waals surface area contributed by atoms with E-state index in [1.165, 1.54) is 0 Å². The molecule has 2 nitrogen and oxygen atoms in total. The van der Waals surface area contributed by atoms with Crippen LogP contribution in [0.5, 0.6) is 0 Å². The molecule has 0 aliphatic rings. The van der Waals surface area contributed by atoms with Crippen LogP contribution in [0.1, 0.15) is 0 Å². The Morgan fingerprint density at radius 2 is 0.867 bits per heavy atom. The summed E-state index contributed by atoms with van der Waals surface area (Å²) >= 11 is 0. The van der Waals surface area contributed by atoms with Crippen molar-refractivity contribution in [1.29, 1.82) is 0 Å². The van der Waals surface area contributed by atoms with Gasteiger partial charge in [-0.15, -0.1) is 0 Å². The molecule has 0 saturated carbocycles. The van der Waals surface area contributed by atoms with Crippen molar-refractivity contribution >= 4 is 0 Å². The molecule has 90 valence electrons. The van der Waals surface area contributed by atoms with Gasteiger partial charge in [0.1, 0.15) is 0 Å². The van der Waals surface area contributed by atoms with Gasteiger partial charge >= 0.3 is 27.3 Å². The van der Waals surface area contributed by atoms with Crippen molar-refractivity contribution in [1.82, 2.24) is 0 Å². The second-order valence-corrected chi connectivity index (χ2v) is 1.41. The number of ether oxygens (including phenoxy) is 2. The zero-order valence-electron chi connectivity index (χ0n) is 8.21. The standard InChI is InChI=1S/C4H10O2.2CF3.Cd/c1-5-3-4-6-2;2*2-1(3)4;/h3-4H2,1-2H3;;;/q;2*-1;+2. The third-order valence-corrected chi connectivity index (χ3v) is 0.492. The fourth-order valence-electron chi connectivity index (χ4n) is 0.167. The summed E-state index contributed by atoms with van der Waals surface area (Å²) in [6.07, 6.45) is 0. The number of rotatable bonds is 3. The van der Waals surface area contributed by atoms with Gasteiger partial charge in [-0.1, -0.05) is 0 Å². The normalized spacial score (nSPS) is 8.40. The minimum Gasteiger partial charge on any atom is -0.385 e. The molecule has 15 heavy (non-hydrogen) atoms. The van der Waals surface area contributed by atoms with Crippen LogP contribution < -0.4 is 0 Å². The van der Waals surface area contributed by atoms with E-state index in [4.69, 9.17) is 0 Å². The van der Waals surface area contributed by atoms with Gasteiger partial charge in [0, 0.05) is 14.2 Å². The molecule has 0 bridgehead atoms. The van der Waals surface area contributed by atoms with Gasteiger partial charge in [-0.05, 0) is 0 Å². The SMILES string of the molecule is COCCOC.F[C-](F)F.F[C-](F)F.[Cd+2]. The molecule has 0 spiro atoms. The first-order valence-electron chi connectivity index (χ1n) is 3.03. The maximum absolute atomic E-state index is 9.58. The molecule has 0 heterocycles. The van der Waals surface area contributed by atoms with Gasteiger partial charge in [-0.2, -0.15) is 0 Å². The Labute approximate surface area is 104 Å². The maximum atomic E-state index is 9.58. The summed E-state index contributed by atoms with van der Waals surface area (Å²) < 4.78 is 66.8. The van der Waals surface area contributed by atoms with Crippen LogP contribution in [-0.2, 0) is 36.8 Å². The average molecular weight is 341 g/mol. The van der Waals surface area contributed by atoms with Crippen LogP contribution in [0.4, 0.5) is 26.3 Å². The van der Waals surface area contributed by atoms with E-state index in [1.54, 1.807) is 14.2 Å². The minimum atomic E-state index is -3.08. The molecule has 0 aromatic rings. The second kappa shape index (κ2) is 23.9. The van der Waals surface area contributed by atoms with Gasteiger partial charge in [0.2, 0.25) is 0 Å². The van der Waals surface area contributed by atoms with Gasteiger partial charge in [-0.25, -0.2) is 0 Å². The van der Waals surface area contributed by atoms with Crippen molar-refractivity contribution in [2.75, 3.05) is 27.4 Å². The minimum absolute atomic E-state index is 0. The number of hydrogen-bond donors (Lipinski definition) is 0. The Kier molecular flexibility index (Phi) is 39.2.